The van der Waals surface area contributed by atoms with Crippen LogP contribution in [-0.4, -0.2) is 131 Å². The average Bonchev–Trinajstić information content (AvgIpc) is 3.91. The van der Waals surface area contributed by atoms with Gasteiger partial charge in [-0.15, -0.1) is 12.4 Å². The number of carboxylic acids is 1. The Labute approximate surface area is 408 Å². The van der Waals surface area contributed by atoms with Crippen molar-refractivity contribution in [1.82, 2.24) is 14.9 Å². The van der Waals surface area contributed by atoms with Crippen LogP contribution >= 0.6 is 12.4 Å². The van der Waals surface area contributed by atoms with E-state index >= 15 is 0 Å². The average molecular weight is 1140 g/mol. The van der Waals surface area contributed by atoms with Crippen molar-refractivity contribution in [2.45, 2.75) is 137 Å². The number of carboxylic acid groups (broad SMARTS) is 1. The second kappa shape index (κ2) is 31.0. The van der Waals surface area contributed by atoms with Gasteiger partial charge in [-0.2, -0.15) is 0 Å². The van der Waals surface area contributed by atoms with Gasteiger partial charge in [0, 0.05) is 88.8 Å². The molecule has 0 spiro atoms. The smallest absolute Gasteiger partial charge is 0.416 e. The molecule has 63 heavy (non-hydrogen) atoms. The number of methoxy groups -OCH3 is 2. The number of likely N-dealkylation sites (tertiary alicyclic amines) is 1. The maximum Gasteiger partial charge on any atom is 0.416 e. The van der Waals surface area contributed by atoms with Crippen LogP contribution in [0.25, 0.3) is 0 Å². The molecule has 2 atom stereocenters. The van der Waals surface area contributed by atoms with Gasteiger partial charge in [0.2, 0.25) is 5.91 Å². The summed E-state index contributed by atoms with van der Waals surface area (Å²) in [5, 5.41) is 10.7. The Morgan fingerprint density at radius 3 is 1.67 bits per heavy atom. The molecule has 0 aliphatic carbocycles. The van der Waals surface area contributed by atoms with E-state index in [-0.39, 0.29) is 101 Å². The van der Waals surface area contributed by atoms with Crippen molar-refractivity contribution in [3.8, 4) is 0 Å². The molecule has 0 bridgehead atoms. The van der Waals surface area contributed by atoms with Gasteiger partial charge >= 0.3 is 30.1 Å². The number of hydrogen-bond acceptors (Lipinski definition) is 12. The summed E-state index contributed by atoms with van der Waals surface area (Å²) in [7, 11) is 3.27. The van der Waals surface area contributed by atoms with Crippen molar-refractivity contribution < 1.29 is 89.3 Å². The molecule has 0 saturated carbocycles. The van der Waals surface area contributed by atoms with Crippen molar-refractivity contribution in [2.24, 2.45) is 0 Å². The van der Waals surface area contributed by atoms with Gasteiger partial charge in [-0.05, 0) is 119 Å². The molecule has 1 radical (unpaired) electrons. The number of halogens is 1. The maximum atomic E-state index is 12.7. The van der Waals surface area contributed by atoms with Gasteiger partial charge in [0.05, 0.1) is 29.1 Å². The number of rotatable bonds is 12. The van der Waals surface area contributed by atoms with Gasteiger partial charge in [0.25, 0.3) is 0 Å². The number of aryl methyl sites for hydroxylation is 2. The first kappa shape index (κ1) is 59.1. The second-order valence-corrected chi connectivity index (χ2v) is 16.3. The zero-order chi connectivity index (χ0) is 47.0. The molecule has 17 nitrogen and oxygen atoms in total. The van der Waals surface area contributed by atoms with Gasteiger partial charge in [-0.1, -0.05) is 7.43 Å². The van der Waals surface area contributed by atoms with Crippen LogP contribution in [-0.2, 0) is 38.1 Å². The van der Waals surface area contributed by atoms with Crippen molar-refractivity contribution in [1.29, 1.82) is 2.67 Å². The van der Waals surface area contributed by atoms with E-state index < -0.39 is 35.4 Å². The van der Waals surface area contributed by atoms with Crippen molar-refractivity contribution in [2.75, 3.05) is 50.2 Å². The molecule has 4 rings (SSSR count). The minimum atomic E-state index is -0.892. The van der Waals surface area contributed by atoms with E-state index in [1.807, 2.05) is 31.3 Å². The van der Waals surface area contributed by atoms with Crippen LogP contribution in [0.15, 0.2) is 36.7 Å². The summed E-state index contributed by atoms with van der Waals surface area (Å²) >= 11 is 0. The van der Waals surface area contributed by atoms with Gasteiger partial charge in [0.1, 0.15) is 28.9 Å². The molecule has 2 aromatic heterocycles. The van der Waals surface area contributed by atoms with Gasteiger partial charge in [0.15, 0.2) is 6.04 Å². The number of quaternary nitrogens is 1. The fourth-order valence-corrected chi connectivity index (χ4v) is 6.08. The minimum Gasteiger partial charge on any atom is -0.481 e. The summed E-state index contributed by atoms with van der Waals surface area (Å²) in [5.74, 6) is -0.506. The Morgan fingerprint density at radius 1 is 0.825 bits per heavy atom. The molecule has 0 aromatic carbocycles. The van der Waals surface area contributed by atoms with Crippen LogP contribution in [0.3, 0.4) is 0 Å². The number of esters is 2. The predicted octanol–water partition coefficient (Wildman–Crippen LogP) is 5.10. The molecule has 20 heteroatoms. The number of hydrogen-bond donors (Lipinski definition) is 2. The van der Waals surface area contributed by atoms with E-state index in [0.29, 0.717) is 45.8 Å². The molecule has 2 fully saturated rings. The summed E-state index contributed by atoms with van der Waals surface area (Å²) in [6.45, 7) is 16.7. The molecule has 2 aromatic rings. The molecule has 353 valence electrons. The number of carbonyl (C=O) groups excluding carboxylic acids is 5. The normalized spacial score (nSPS) is 15.2. The molecule has 3 N–H and O–H groups in total. The molecular formula is C43H72BClN6O11U+. The van der Waals surface area contributed by atoms with Crippen LogP contribution in [0.1, 0.15) is 111 Å². The molecular weight excluding hydrogens is 1060 g/mol. The third-order valence-electron chi connectivity index (χ3n) is 8.85. The number of anilines is 2. The third kappa shape index (κ3) is 24.1. The van der Waals surface area contributed by atoms with E-state index in [9.17, 15) is 28.8 Å². The molecule has 0 unspecified atom stereocenters. The minimum absolute atomic E-state index is 0. The Balaban J connectivity index is -0.000000932. The zero-order valence-electron chi connectivity index (χ0n) is 39.9. The van der Waals surface area contributed by atoms with Crippen molar-refractivity contribution >= 4 is 68.4 Å². The summed E-state index contributed by atoms with van der Waals surface area (Å²) in [5.41, 5.74) is 0.675. The molecule has 2 saturated heterocycles. The monoisotopic (exact) mass is 1140 g/mol. The number of carbonyl (C=O) groups is 6. The Bertz CT molecular complexity index is 1750. The van der Waals surface area contributed by atoms with E-state index in [0.717, 1.165) is 36.9 Å². The van der Waals surface area contributed by atoms with Crippen LogP contribution in [0, 0.1) is 45.0 Å². The first-order valence-electron chi connectivity index (χ1n) is 21.2. The number of nitrogens with two attached hydrogens (primary N) is 1. The fourth-order valence-electron chi connectivity index (χ4n) is 6.08. The number of nitrogens with zero attached hydrogens (tertiary/aromatic N) is 5. The first-order chi connectivity index (χ1) is 29.1. The first-order valence-corrected chi connectivity index (χ1v) is 20.0. The van der Waals surface area contributed by atoms with E-state index in [1.165, 1.54) is 24.0 Å². The van der Waals surface area contributed by atoms with Crippen LogP contribution < -0.4 is 15.1 Å². The Kier molecular flexibility index (Phi) is 29.1. The maximum absolute atomic E-state index is 12.7. The SMILES string of the molecule is C.COC(=O)[C@H]1CCCN1C(=O)CCCN(C(=O)OC(C)(C)C)c1cc(C)ccn1.COC(=O)[C@H]1CCC[NH2+]1.Cc1ccnc(N(CCCC(=O)O)C(=O)OC(C)(C)C)c1.Cl.[3H][B][3H].[U]. The standard InChI is InChI=1S/C21H31N3O5.C15H22N2O4.C6H11NO2.CH4.BH2.ClH.U/c1-15-10-11-22-17(14-15)24(20(27)29-21(2,3)4)13-7-9-18(25)23-12-6-8-16(23)19(26)28-5;1-11-7-8-16-12(10-11)17(9-5-6-13(18)19)14(20)21-15(2,3)4;1-9-6(8)5-3-2-4-7-5;;;;/h10-11,14,16H,6-9,12-13H2,1-5H3;7-8,10H,5-6,9H2,1-4H3,(H,18,19);5,7H,2-4H2,1H3;1H4;1H2;1H;/p+1/t16-;;5-;;;;/m1.1..../s1/i;;;;1T2;;. The zero-order valence-corrected chi connectivity index (χ0v) is 42.9. The molecule has 2 aliphatic heterocycles. The van der Waals surface area contributed by atoms with Crippen LogP contribution in [0.4, 0.5) is 21.2 Å². The molecule has 3 amide bonds. The number of ether oxygens (including phenoxy) is 4. The largest absolute Gasteiger partial charge is 0.481 e. The number of aromatic nitrogens is 2. The number of pyridine rings is 2. The van der Waals surface area contributed by atoms with E-state index in [1.54, 1.807) is 71.0 Å². The van der Waals surface area contributed by atoms with Crippen LogP contribution in [0.2, 0.25) is 0 Å². The number of aliphatic carboxylic acids is 1. The van der Waals surface area contributed by atoms with E-state index in [4.69, 9.17) is 22.0 Å². The second-order valence-electron chi connectivity index (χ2n) is 16.3. The molecule has 2 aliphatic rings. The van der Waals surface area contributed by atoms with Gasteiger partial charge in [-0.3, -0.25) is 19.4 Å². The Morgan fingerprint density at radius 2 is 1.29 bits per heavy atom. The predicted molar refractivity (Wildman–Crippen MR) is 242 cm³/mol. The quantitative estimate of drug-likeness (QED) is 0.161. The summed E-state index contributed by atoms with van der Waals surface area (Å²) in [6.07, 6.45) is 6.72. The topological polar surface area (TPSA) is 212 Å². The third-order valence-corrected chi connectivity index (χ3v) is 8.85. The summed E-state index contributed by atoms with van der Waals surface area (Å²) < 4.78 is 31.7. The fraction of sp³-hybridized carbons (Fsp3) is 0.628. The van der Waals surface area contributed by atoms with Crippen LogP contribution in [0.5, 0.6) is 0 Å². The summed E-state index contributed by atoms with van der Waals surface area (Å²) in [6, 6.07) is 6.83. The van der Waals surface area contributed by atoms with E-state index in [2.05, 4.69) is 14.7 Å². The Hall–Kier alpha value is -3.91. The van der Waals surface area contributed by atoms with Gasteiger partial charge < -0.3 is 34.3 Å². The van der Waals surface area contributed by atoms with Crippen molar-refractivity contribution in [3.05, 3.63) is 47.8 Å². The van der Waals surface area contributed by atoms with Gasteiger partial charge in [-0.25, -0.2) is 29.1 Å². The molecule has 4 heterocycles. The number of amides is 3. The van der Waals surface area contributed by atoms with Crippen molar-refractivity contribution in [3.63, 3.8) is 0 Å². The summed E-state index contributed by atoms with van der Waals surface area (Å²) in [4.78, 5) is 83.7.